The molecule has 0 radical (unpaired) electrons. The van der Waals surface area contributed by atoms with Gasteiger partial charge in [0.1, 0.15) is 0 Å². The average Bonchev–Trinajstić information content (AvgIpc) is 2.14. The van der Waals surface area contributed by atoms with E-state index in [1.165, 1.54) is 12.1 Å². The summed E-state index contributed by atoms with van der Waals surface area (Å²) in [5.41, 5.74) is 4.95. The Morgan fingerprint density at radius 3 is 2.38 bits per heavy atom. The van der Waals surface area contributed by atoms with Gasteiger partial charge in [0.15, 0.2) is 0 Å². The third-order valence-electron chi connectivity index (χ3n) is 2.16. The lowest BCUT2D eigenvalue weighted by Crippen LogP contribution is -2.16. The van der Waals surface area contributed by atoms with Crippen LogP contribution in [0.2, 0.25) is 5.02 Å². The maximum Gasteiger partial charge on any atom is 0.416 e. The van der Waals surface area contributed by atoms with E-state index in [1.807, 2.05) is 0 Å². The van der Waals surface area contributed by atoms with Crippen LogP contribution in [0.3, 0.4) is 0 Å². The molecule has 2 N–H and O–H groups in total. The van der Waals surface area contributed by atoms with E-state index in [0.717, 1.165) is 6.07 Å². The SMILES string of the molecule is CCC(N)c1cc(Cl)ccc1C(F)(F)F.Cl. The zero-order valence-electron chi connectivity index (χ0n) is 8.51. The molecule has 0 bridgehead atoms. The molecule has 0 aliphatic rings. The van der Waals surface area contributed by atoms with Gasteiger partial charge in [-0.15, -0.1) is 12.4 Å². The molecule has 0 spiro atoms. The van der Waals surface area contributed by atoms with Gasteiger partial charge in [-0.2, -0.15) is 13.2 Å². The normalized spacial score (nSPS) is 13.1. The predicted octanol–water partition coefficient (Wildman–Crippen LogP) is 4.19. The van der Waals surface area contributed by atoms with Crippen molar-refractivity contribution in [1.82, 2.24) is 0 Å². The van der Waals surface area contributed by atoms with Crippen LogP contribution in [-0.2, 0) is 6.18 Å². The minimum Gasteiger partial charge on any atom is -0.324 e. The highest BCUT2D eigenvalue weighted by molar-refractivity contribution is 6.30. The van der Waals surface area contributed by atoms with Gasteiger partial charge < -0.3 is 5.73 Å². The van der Waals surface area contributed by atoms with Crippen LogP contribution < -0.4 is 5.73 Å². The Hall–Kier alpha value is -0.450. The van der Waals surface area contributed by atoms with Crippen molar-refractivity contribution in [2.24, 2.45) is 5.73 Å². The largest absolute Gasteiger partial charge is 0.416 e. The molecule has 0 aliphatic heterocycles. The molecule has 1 nitrogen and oxygen atoms in total. The molecule has 0 saturated heterocycles. The van der Waals surface area contributed by atoms with E-state index < -0.39 is 17.8 Å². The first-order chi connectivity index (χ1) is 6.86. The number of hydrogen-bond acceptors (Lipinski definition) is 1. The Morgan fingerprint density at radius 2 is 1.94 bits per heavy atom. The van der Waals surface area contributed by atoms with Crippen molar-refractivity contribution >= 4 is 24.0 Å². The average molecular weight is 274 g/mol. The molecule has 6 heteroatoms. The second-order valence-electron chi connectivity index (χ2n) is 3.24. The van der Waals surface area contributed by atoms with E-state index in [9.17, 15) is 13.2 Å². The summed E-state index contributed by atoms with van der Waals surface area (Å²) in [7, 11) is 0. The molecule has 1 unspecified atom stereocenters. The standard InChI is InChI=1S/C10H11ClF3N.ClH/c1-2-9(15)7-5-6(11)3-4-8(7)10(12,13)14;/h3-5,9H,2,15H2,1H3;1H. The predicted molar refractivity (Wildman–Crippen MR) is 60.9 cm³/mol. The van der Waals surface area contributed by atoms with Crippen molar-refractivity contribution in [3.8, 4) is 0 Å². The quantitative estimate of drug-likeness (QED) is 0.859. The fourth-order valence-electron chi connectivity index (χ4n) is 1.32. The lowest BCUT2D eigenvalue weighted by molar-refractivity contribution is -0.138. The molecule has 92 valence electrons. The summed E-state index contributed by atoms with van der Waals surface area (Å²) < 4.78 is 37.7. The van der Waals surface area contributed by atoms with Crippen molar-refractivity contribution in [1.29, 1.82) is 0 Å². The first kappa shape index (κ1) is 15.5. The maximum absolute atomic E-state index is 12.6. The lowest BCUT2D eigenvalue weighted by atomic mass is 9.99. The van der Waals surface area contributed by atoms with E-state index in [1.54, 1.807) is 6.92 Å². The van der Waals surface area contributed by atoms with Crippen LogP contribution in [0.4, 0.5) is 13.2 Å². The monoisotopic (exact) mass is 273 g/mol. The Kier molecular flexibility index (Phi) is 5.59. The van der Waals surface area contributed by atoms with Gasteiger partial charge in [0.05, 0.1) is 5.56 Å². The van der Waals surface area contributed by atoms with Gasteiger partial charge >= 0.3 is 6.18 Å². The molecule has 1 atom stereocenters. The van der Waals surface area contributed by atoms with E-state index in [-0.39, 0.29) is 23.0 Å². The zero-order valence-corrected chi connectivity index (χ0v) is 10.1. The topological polar surface area (TPSA) is 26.0 Å². The smallest absolute Gasteiger partial charge is 0.324 e. The molecule has 0 amide bonds. The van der Waals surface area contributed by atoms with Crippen LogP contribution in [0.5, 0.6) is 0 Å². The summed E-state index contributed by atoms with van der Waals surface area (Å²) in [5.74, 6) is 0. The minimum absolute atomic E-state index is 0. The Labute approximate surface area is 103 Å². The summed E-state index contributed by atoms with van der Waals surface area (Å²) in [6, 6.07) is 2.82. The van der Waals surface area contributed by atoms with Crippen LogP contribution in [-0.4, -0.2) is 0 Å². The van der Waals surface area contributed by atoms with E-state index in [2.05, 4.69) is 0 Å². The second-order valence-corrected chi connectivity index (χ2v) is 3.68. The molecule has 1 aromatic carbocycles. The Morgan fingerprint density at radius 1 is 1.38 bits per heavy atom. The number of halogens is 5. The van der Waals surface area contributed by atoms with Gasteiger partial charge in [0.25, 0.3) is 0 Å². The second kappa shape index (κ2) is 5.75. The number of hydrogen-bond donors (Lipinski definition) is 1. The highest BCUT2D eigenvalue weighted by atomic mass is 35.5. The van der Waals surface area contributed by atoms with E-state index in [4.69, 9.17) is 17.3 Å². The molecular weight excluding hydrogens is 262 g/mol. The summed E-state index contributed by atoms with van der Waals surface area (Å²) >= 11 is 5.65. The maximum atomic E-state index is 12.6. The molecular formula is C10H12Cl2F3N. The van der Waals surface area contributed by atoms with Crippen molar-refractivity contribution in [3.63, 3.8) is 0 Å². The summed E-state index contributed by atoms with van der Waals surface area (Å²) in [6.07, 6.45) is -3.95. The number of alkyl halides is 3. The van der Waals surface area contributed by atoms with Crippen molar-refractivity contribution in [3.05, 3.63) is 34.3 Å². The minimum atomic E-state index is -4.38. The fraction of sp³-hybridized carbons (Fsp3) is 0.400. The molecule has 0 heterocycles. The molecule has 0 aliphatic carbocycles. The fourth-order valence-corrected chi connectivity index (χ4v) is 1.50. The van der Waals surface area contributed by atoms with Crippen LogP contribution in [0.25, 0.3) is 0 Å². The Balaban J connectivity index is 0.00000225. The molecule has 1 rings (SSSR count). The van der Waals surface area contributed by atoms with Gasteiger partial charge in [0.2, 0.25) is 0 Å². The number of nitrogens with two attached hydrogens (primary N) is 1. The summed E-state index contributed by atoms with van der Waals surface area (Å²) in [6.45, 7) is 1.73. The molecule has 0 aromatic heterocycles. The van der Waals surface area contributed by atoms with Crippen molar-refractivity contribution in [2.75, 3.05) is 0 Å². The molecule has 0 fully saturated rings. The highest BCUT2D eigenvalue weighted by Gasteiger charge is 2.34. The third-order valence-corrected chi connectivity index (χ3v) is 2.39. The number of benzene rings is 1. The van der Waals surface area contributed by atoms with Gasteiger partial charge in [0, 0.05) is 11.1 Å². The lowest BCUT2D eigenvalue weighted by Gasteiger charge is -2.17. The van der Waals surface area contributed by atoms with E-state index >= 15 is 0 Å². The van der Waals surface area contributed by atoms with Crippen LogP contribution >= 0.6 is 24.0 Å². The zero-order chi connectivity index (χ0) is 11.6. The highest BCUT2D eigenvalue weighted by Crippen LogP contribution is 2.35. The van der Waals surface area contributed by atoms with Crippen LogP contribution in [0.1, 0.15) is 30.5 Å². The Bertz CT molecular complexity index is 352. The summed E-state index contributed by atoms with van der Waals surface area (Å²) in [5, 5.41) is 0.266. The van der Waals surface area contributed by atoms with Crippen molar-refractivity contribution < 1.29 is 13.2 Å². The third kappa shape index (κ3) is 3.54. The molecule has 1 aromatic rings. The van der Waals surface area contributed by atoms with Crippen LogP contribution in [0.15, 0.2) is 18.2 Å². The van der Waals surface area contributed by atoms with Crippen molar-refractivity contribution in [2.45, 2.75) is 25.6 Å². The summed E-state index contributed by atoms with van der Waals surface area (Å²) in [4.78, 5) is 0. The van der Waals surface area contributed by atoms with Gasteiger partial charge in [-0.1, -0.05) is 18.5 Å². The first-order valence-corrected chi connectivity index (χ1v) is 4.86. The number of rotatable bonds is 2. The van der Waals surface area contributed by atoms with E-state index in [0.29, 0.717) is 6.42 Å². The molecule has 16 heavy (non-hydrogen) atoms. The molecule has 0 saturated carbocycles. The van der Waals surface area contributed by atoms with Gasteiger partial charge in [-0.25, -0.2) is 0 Å². The van der Waals surface area contributed by atoms with Gasteiger partial charge in [-0.3, -0.25) is 0 Å². The first-order valence-electron chi connectivity index (χ1n) is 4.48. The van der Waals surface area contributed by atoms with Crippen LogP contribution in [0, 0.1) is 0 Å². The van der Waals surface area contributed by atoms with Gasteiger partial charge in [-0.05, 0) is 30.2 Å².